The molecule has 0 saturated heterocycles. The van der Waals surface area contributed by atoms with Crippen LogP contribution in [0.2, 0.25) is 0 Å². The van der Waals surface area contributed by atoms with Crippen molar-refractivity contribution in [1.29, 1.82) is 5.26 Å². The molecule has 0 heterocycles. The molecule has 0 spiro atoms. The summed E-state index contributed by atoms with van der Waals surface area (Å²) in [6.07, 6.45) is -0.121. The highest BCUT2D eigenvalue weighted by Gasteiger charge is 2.74. The summed E-state index contributed by atoms with van der Waals surface area (Å²) in [7, 11) is 0. The van der Waals surface area contributed by atoms with E-state index in [1.54, 1.807) is 0 Å². The van der Waals surface area contributed by atoms with Crippen LogP contribution in [0.3, 0.4) is 0 Å². The molecule has 2 saturated carbocycles. The maximum atomic E-state index is 9.98. The van der Waals surface area contributed by atoms with Crippen molar-refractivity contribution in [2.24, 2.45) is 16.2 Å². The molecule has 0 aromatic rings. The van der Waals surface area contributed by atoms with Gasteiger partial charge in [-0.3, -0.25) is 0 Å². The van der Waals surface area contributed by atoms with Crippen molar-refractivity contribution in [3.05, 3.63) is 0 Å². The van der Waals surface area contributed by atoms with E-state index in [0.29, 0.717) is 6.42 Å². The summed E-state index contributed by atoms with van der Waals surface area (Å²) in [5.74, 6) is 0. The quantitative estimate of drug-likeness (QED) is 0.607. The third-order valence-corrected chi connectivity index (χ3v) is 5.24. The Bertz CT molecular complexity index is 320. The average molecular weight is 195 g/mol. The second-order valence-electron chi connectivity index (χ2n) is 5.52. The Hall–Kier alpha value is -0.590. The van der Waals surface area contributed by atoms with Gasteiger partial charge in [-0.15, -0.1) is 0 Å². The lowest BCUT2D eigenvalue weighted by Crippen LogP contribution is -2.41. The van der Waals surface area contributed by atoms with E-state index in [4.69, 9.17) is 0 Å². The van der Waals surface area contributed by atoms with Crippen molar-refractivity contribution in [2.45, 2.75) is 45.8 Å². The predicted molar refractivity (Wildman–Crippen MR) is 51.2 cm³/mol. The fourth-order valence-corrected chi connectivity index (χ4v) is 3.51. The maximum absolute atomic E-state index is 9.98. The Balaban J connectivity index is 2.61. The first-order chi connectivity index (χ1) is 6.33. The molecule has 2 N–H and O–H groups in total. The lowest BCUT2D eigenvalue weighted by Gasteiger charge is -2.37. The van der Waals surface area contributed by atoms with Gasteiger partial charge in [0.05, 0.1) is 23.7 Å². The molecule has 0 radical (unpaired) electrons. The van der Waals surface area contributed by atoms with Gasteiger partial charge in [-0.25, -0.2) is 0 Å². The maximum Gasteiger partial charge on any atom is 0.0995 e. The minimum Gasteiger partial charge on any atom is -0.390 e. The molecule has 4 atom stereocenters. The van der Waals surface area contributed by atoms with Crippen LogP contribution in [-0.2, 0) is 0 Å². The third kappa shape index (κ3) is 0.656. The number of rotatable bonds is 0. The molecule has 0 aromatic carbocycles. The van der Waals surface area contributed by atoms with E-state index in [1.807, 2.05) is 20.8 Å². The Morgan fingerprint density at radius 2 is 1.71 bits per heavy atom. The topological polar surface area (TPSA) is 64.2 Å². The number of nitriles is 1. The van der Waals surface area contributed by atoms with Gasteiger partial charge < -0.3 is 10.2 Å². The number of hydrogen-bond donors (Lipinski definition) is 2. The van der Waals surface area contributed by atoms with E-state index in [-0.39, 0.29) is 10.8 Å². The molecule has 2 fully saturated rings. The molecule has 2 bridgehead atoms. The first-order valence-corrected chi connectivity index (χ1v) is 5.11. The van der Waals surface area contributed by atoms with Gasteiger partial charge in [-0.05, 0) is 18.3 Å². The summed E-state index contributed by atoms with van der Waals surface area (Å²) in [5, 5.41) is 29.2. The summed E-state index contributed by atoms with van der Waals surface area (Å²) in [6, 6.07) is 2.25. The number of hydrogen-bond acceptors (Lipinski definition) is 3. The fraction of sp³-hybridized carbons (Fsp3) is 0.909. The summed E-state index contributed by atoms with van der Waals surface area (Å²) < 4.78 is 0. The van der Waals surface area contributed by atoms with Crippen LogP contribution < -0.4 is 0 Å². The van der Waals surface area contributed by atoms with Crippen LogP contribution in [0.25, 0.3) is 0 Å². The van der Waals surface area contributed by atoms with Crippen molar-refractivity contribution in [3.8, 4) is 6.07 Å². The van der Waals surface area contributed by atoms with Crippen LogP contribution >= 0.6 is 0 Å². The highest BCUT2D eigenvalue weighted by Crippen LogP contribution is 2.71. The molecular weight excluding hydrogens is 178 g/mol. The Labute approximate surface area is 84.4 Å². The van der Waals surface area contributed by atoms with E-state index >= 15 is 0 Å². The van der Waals surface area contributed by atoms with Crippen molar-refractivity contribution >= 4 is 0 Å². The molecule has 2 aliphatic carbocycles. The summed E-state index contributed by atoms with van der Waals surface area (Å²) >= 11 is 0. The van der Waals surface area contributed by atoms with Crippen LogP contribution in [0.15, 0.2) is 0 Å². The fourth-order valence-electron chi connectivity index (χ4n) is 3.51. The minimum atomic E-state index is -0.888. The zero-order valence-corrected chi connectivity index (χ0v) is 8.91. The molecule has 3 nitrogen and oxygen atoms in total. The average Bonchev–Trinajstić information content (AvgIpc) is 2.39. The first-order valence-electron chi connectivity index (χ1n) is 5.11. The van der Waals surface area contributed by atoms with Crippen LogP contribution in [0.1, 0.15) is 33.6 Å². The first kappa shape index (κ1) is 9.95. The zero-order valence-electron chi connectivity index (χ0n) is 8.91. The third-order valence-electron chi connectivity index (χ3n) is 5.24. The van der Waals surface area contributed by atoms with Gasteiger partial charge in [0.15, 0.2) is 0 Å². The Morgan fingerprint density at radius 1 is 1.14 bits per heavy atom. The summed E-state index contributed by atoms with van der Waals surface area (Å²) in [4.78, 5) is 0. The summed E-state index contributed by atoms with van der Waals surface area (Å²) in [5.41, 5.74) is -1.38. The molecule has 2 rings (SSSR count). The molecule has 0 aromatic heterocycles. The van der Waals surface area contributed by atoms with Crippen LogP contribution in [0.5, 0.6) is 0 Å². The number of aliphatic hydroxyl groups excluding tert-OH is 2. The van der Waals surface area contributed by atoms with E-state index in [0.717, 1.165) is 6.42 Å². The molecule has 3 heteroatoms. The second-order valence-corrected chi connectivity index (χ2v) is 5.52. The van der Waals surface area contributed by atoms with Gasteiger partial charge in [-0.2, -0.15) is 5.26 Å². The van der Waals surface area contributed by atoms with Gasteiger partial charge >= 0.3 is 0 Å². The molecular formula is C11H17NO2. The largest absolute Gasteiger partial charge is 0.390 e. The molecule has 0 amide bonds. The molecule has 0 unspecified atom stereocenters. The number of aliphatic hydroxyl groups is 2. The van der Waals surface area contributed by atoms with Crippen LogP contribution in [0, 0.1) is 27.6 Å². The van der Waals surface area contributed by atoms with Gasteiger partial charge in [0.25, 0.3) is 0 Å². The predicted octanol–water partition coefficient (Wildman–Crippen LogP) is 1.06. The van der Waals surface area contributed by atoms with Crippen molar-refractivity contribution in [1.82, 2.24) is 0 Å². The SMILES string of the molecule is CC1(C)[C@@]2(C#N)CC[C@]1(C)[C@@H](O)[C@@H]2O. The van der Waals surface area contributed by atoms with E-state index in [9.17, 15) is 15.5 Å². The van der Waals surface area contributed by atoms with Gasteiger partial charge in [-0.1, -0.05) is 20.8 Å². The Morgan fingerprint density at radius 3 is 2.00 bits per heavy atom. The molecule has 0 aliphatic heterocycles. The van der Waals surface area contributed by atoms with E-state index < -0.39 is 17.6 Å². The Kier molecular flexibility index (Phi) is 1.65. The van der Waals surface area contributed by atoms with E-state index in [1.165, 1.54) is 0 Å². The normalized spacial score (nSPS) is 54.6. The van der Waals surface area contributed by atoms with Crippen molar-refractivity contribution in [3.63, 3.8) is 0 Å². The standard InChI is InChI=1S/C11H17NO2/c1-9(2)10(3)4-5-11(9,6-12)8(14)7(10)13/h7-8,13-14H,4-5H2,1-3H3/t7-,8-,10+,11+/m0/s1. The van der Waals surface area contributed by atoms with Gasteiger partial charge in [0, 0.05) is 5.41 Å². The van der Waals surface area contributed by atoms with Crippen LogP contribution in [-0.4, -0.2) is 22.4 Å². The monoisotopic (exact) mass is 195 g/mol. The molecule has 14 heavy (non-hydrogen) atoms. The van der Waals surface area contributed by atoms with Crippen molar-refractivity contribution in [2.75, 3.05) is 0 Å². The number of nitrogens with zero attached hydrogens (tertiary/aromatic N) is 1. The summed E-state index contributed by atoms with van der Waals surface area (Å²) in [6.45, 7) is 5.96. The van der Waals surface area contributed by atoms with Crippen LogP contribution in [0.4, 0.5) is 0 Å². The minimum absolute atomic E-state index is 0.312. The van der Waals surface area contributed by atoms with Crippen molar-refractivity contribution < 1.29 is 10.2 Å². The molecule has 78 valence electrons. The second kappa shape index (κ2) is 2.32. The van der Waals surface area contributed by atoms with E-state index in [2.05, 4.69) is 6.07 Å². The zero-order chi connectivity index (χ0) is 10.8. The lowest BCUT2D eigenvalue weighted by atomic mass is 9.65. The highest BCUT2D eigenvalue weighted by molar-refractivity contribution is 5.29. The van der Waals surface area contributed by atoms with Gasteiger partial charge in [0.2, 0.25) is 0 Å². The van der Waals surface area contributed by atoms with Gasteiger partial charge in [0.1, 0.15) is 0 Å². The highest BCUT2D eigenvalue weighted by atomic mass is 16.3. The number of fused-ring (bicyclic) bond motifs is 2. The molecule has 2 aliphatic rings. The smallest absolute Gasteiger partial charge is 0.0995 e. The lowest BCUT2D eigenvalue weighted by molar-refractivity contribution is -0.0594.